The highest BCUT2D eigenvalue weighted by molar-refractivity contribution is 6.32. The summed E-state index contributed by atoms with van der Waals surface area (Å²) in [4.78, 5) is 0. The Morgan fingerprint density at radius 2 is 1.95 bits per heavy atom. The fourth-order valence-corrected chi connectivity index (χ4v) is 3.22. The zero-order chi connectivity index (χ0) is 13.8. The van der Waals surface area contributed by atoms with Crippen molar-refractivity contribution < 1.29 is 9.47 Å². The maximum absolute atomic E-state index is 6.60. The Hall–Kier alpha value is -0.930. The quantitative estimate of drug-likeness (QED) is 0.919. The maximum atomic E-state index is 6.60. The smallest absolute Gasteiger partial charge is 0.165 e. The van der Waals surface area contributed by atoms with Gasteiger partial charge >= 0.3 is 0 Å². The second-order valence-corrected chi connectivity index (χ2v) is 5.25. The molecule has 0 saturated carbocycles. The number of hydrogen-bond donors (Lipinski definition) is 1. The minimum Gasteiger partial charge on any atom is -0.493 e. The molecule has 1 N–H and O–H groups in total. The first kappa shape index (κ1) is 14.5. The normalized spacial score (nSPS) is 16.4. The molecule has 1 aliphatic heterocycles. The maximum Gasteiger partial charge on any atom is 0.165 e. The van der Waals surface area contributed by atoms with Gasteiger partial charge in [0.1, 0.15) is 0 Å². The van der Waals surface area contributed by atoms with E-state index in [0.29, 0.717) is 5.92 Å². The van der Waals surface area contributed by atoms with E-state index in [4.69, 9.17) is 21.1 Å². The van der Waals surface area contributed by atoms with E-state index in [9.17, 15) is 0 Å². The topological polar surface area (TPSA) is 30.5 Å². The lowest BCUT2D eigenvalue weighted by molar-refractivity contribution is 0.344. The van der Waals surface area contributed by atoms with Gasteiger partial charge in [-0.2, -0.15) is 0 Å². The first-order valence-electron chi connectivity index (χ1n) is 6.86. The molecule has 0 aromatic heterocycles. The summed E-state index contributed by atoms with van der Waals surface area (Å²) >= 11 is 6.60. The van der Waals surface area contributed by atoms with Gasteiger partial charge in [0.15, 0.2) is 11.5 Å². The Kier molecular flexibility index (Phi) is 4.94. The molecular weight excluding hydrogens is 262 g/mol. The molecule has 1 aromatic rings. The van der Waals surface area contributed by atoms with Crippen molar-refractivity contribution in [3.8, 4) is 11.5 Å². The molecule has 1 heterocycles. The monoisotopic (exact) mass is 283 g/mol. The first-order chi connectivity index (χ1) is 9.22. The van der Waals surface area contributed by atoms with Crippen molar-refractivity contribution in [1.82, 2.24) is 5.32 Å². The molecule has 1 saturated heterocycles. The van der Waals surface area contributed by atoms with E-state index < -0.39 is 0 Å². The Balaban J connectivity index is 2.53. The molecular formula is C15H22ClNO2. The molecule has 0 atom stereocenters. The second-order valence-electron chi connectivity index (χ2n) is 4.88. The Morgan fingerprint density at radius 1 is 1.26 bits per heavy atom. The van der Waals surface area contributed by atoms with E-state index >= 15 is 0 Å². The summed E-state index contributed by atoms with van der Waals surface area (Å²) in [5, 5.41) is 4.24. The molecule has 0 aliphatic carbocycles. The molecule has 0 unspecified atom stereocenters. The number of hydrogen-bond acceptors (Lipinski definition) is 3. The van der Waals surface area contributed by atoms with E-state index in [1.807, 2.05) is 6.07 Å². The third kappa shape index (κ3) is 2.82. The van der Waals surface area contributed by atoms with Crippen LogP contribution in [0.1, 0.15) is 36.8 Å². The largest absolute Gasteiger partial charge is 0.493 e. The second kappa shape index (κ2) is 6.49. The summed E-state index contributed by atoms with van der Waals surface area (Å²) in [6.45, 7) is 4.17. The lowest BCUT2D eigenvalue weighted by atomic mass is 9.87. The highest BCUT2D eigenvalue weighted by Crippen LogP contribution is 2.45. The molecule has 1 aliphatic rings. The van der Waals surface area contributed by atoms with E-state index in [0.717, 1.165) is 60.0 Å². The third-order valence-electron chi connectivity index (χ3n) is 3.84. The molecule has 0 radical (unpaired) electrons. The van der Waals surface area contributed by atoms with Gasteiger partial charge in [-0.25, -0.2) is 0 Å². The Morgan fingerprint density at radius 3 is 2.47 bits per heavy atom. The van der Waals surface area contributed by atoms with Crippen LogP contribution in [0.15, 0.2) is 6.07 Å². The highest BCUT2D eigenvalue weighted by Gasteiger charge is 2.26. The van der Waals surface area contributed by atoms with Crippen LogP contribution in [-0.2, 0) is 6.42 Å². The number of methoxy groups -OCH3 is 2. The molecule has 1 fully saturated rings. The molecule has 2 rings (SSSR count). The molecule has 0 bridgehead atoms. The number of piperidine rings is 1. The van der Waals surface area contributed by atoms with Crippen LogP contribution in [0.4, 0.5) is 0 Å². The van der Waals surface area contributed by atoms with Crippen molar-refractivity contribution in [3.63, 3.8) is 0 Å². The van der Waals surface area contributed by atoms with E-state index in [2.05, 4.69) is 12.2 Å². The molecule has 0 spiro atoms. The van der Waals surface area contributed by atoms with Gasteiger partial charge in [0, 0.05) is 5.56 Å². The molecule has 106 valence electrons. The molecule has 19 heavy (non-hydrogen) atoms. The van der Waals surface area contributed by atoms with Crippen LogP contribution < -0.4 is 14.8 Å². The third-order valence-corrected chi connectivity index (χ3v) is 4.29. The first-order valence-corrected chi connectivity index (χ1v) is 7.24. The molecule has 4 heteroatoms. The van der Waals surface area contributed by atoms with Crippen LogP contribution in [0, 0.1) is 0 Å². The average molecular weight is 284 g/mol. The standard InChI is InChI=1S/C15H22ClNO2/c1-4-10-9-12(18-2)15(19-3)13(14(10)16)11-5-7-17-8-6-11/h9,11,17H,4-8H2,1-3H3. The van der Waals surface area contributed by atoms with Crippen LogP contribution in [-0.4, -0.2) is 27.3 Å². The molecule has 1 aromatic carbocycles. The van der Waals surface area contributed by atoms with Gasteiger partial charge in [-0.3, -0.25) is 0 Å². The summed E-state index contributed by atoms with van der Waals surface area (Å²) in [7, 11) is 3.36. The van der Waals surface area contributed by atoms with Gasteiger partial charge in [0.25, 0.3) is 0 Å². The summed E-state index contributed by atoms with van der Waals surface area (Å²) in [6.07, 6.45) is 3.08. The summed E-state index contributed by atoms with van der Waals surface area (Å²) < 4.78 is 11.0. The van der Waals surface area contributed by atoms with E-state index in [1.54, 1.807) is 14.2 Å². The summed E-state index contributed by atoms with van der Waals surface area (Å²) in [6, 6.07) is 1.99. The van der Waals surface area contributed by atoms with Crippen molar-refractivity contribution in [3.05, 3.63) is 22.2 Å². The van der Waals surface area contributed by atoms with Crippen molar-refractivity contribution in [2.24, 2.45) is 0 Å². The van der Waals surface area contributed by atoms with E-state index in [-0.39, 0.29) is 0 Å². The van der Waals surface area contributed by atoms with Crippen molar-refractivity contribution in [2.45, 2.75) is 32.1 Å². The number of rotatable bonds is 4. The van der Waals surface area contributed by atoms with E-state index in [1.165, 1.54) is 0 Å². The van der Waals surface area contributed by atoms with Gasteiger partial charge in [0.05, 0.1) is 19.2 Å². The molecule has 3 nitrogen and oxygen atoms in total. The SMILES string of the molecule is CCc1cc(OC)c(OC)c(C2CCNCC2)c1Cl. The fourth-order valence-electron chi connectivity index (χ4n) is 2.79. The number of ether oxygens (including phenoxy) is 2. The van der Waals surface area contributed by atoms with Gasteiger partial charge < -0.3 is 14.8 Å². The highest BCUT2D eigenvalue weighted by atomic mass is 35.5. The van der Waals surface area contributed by atoms with Crippen LogP contribution in [0.3, 0.4) is 0 Å². The van der Waals surface area contributed by atoms with Crippen molar-refractivity contribution >= 4 is 11.6 Å². The number of aryl methyl sites for hydroxylation is 1. The number of halogens is 1. The van der Waals surface area contributed by atoms with Crippen molar-refractivity contribution in [1.29, 1.82) is 0 Å². The van der Waals surface area contributed by atoms with Gasteiger partial charge in [0.2, 0.25) is 0 Å². The average Bonchev–Trinajstić information content (AvgIpc) is 2.47. The Labute approximate surface area is 120 Å². The Bertz CT molecular complexity index is 442. The number of nitrogens with one attached hydrogen (secondary N) is 1. The van der Waals surface area contributed by atoms with Gasteiger partial charge in [-0.15, -0.1) is 0 Å². The minimum absolute atomic E-state index is 0.448. The zero-order valence-electron chi connectivity index (χ0n) is 11.9. The van der Waals surface area contributed by atoms with Gasteiger partial charge in [-0.05, 0) is 49.9 Å². The van der Waals surface area contributed by atoms with Gasteiger partial charge in [-0.1, -0.05) is 18.5 Å². The van der Waals surface area contributed by atoms with Crippen LogP contribution in [0.25, 0.3) is 0 Å². The predicted molar refractivity (Wildman–Crippen MR) is 78.8 cm³/mol. The fraction of sp³-hybridized carbons (Fsp3) is 0.600. The zero-order valence-corrected chi connectivity index (χ0v) is 12.6. The van der Waals surface area contributed by atoms with Crippen molar-refractivity contribution in [2.75, 3.05) is 27.3 Å². The lowest BCUT2D eigenvalue weighted by Crippen LogP contribution is -2.27. The lowest BCUT2D eigenvalue weighted by Gasteiger charge is -2.27. The molecule has 0 amide bonds. The minimum atomic E-state index is 0.448. The van der Waals surface area contributed by atoms with Crippen LogP contribution >= 0.6 is 11.6 Å². The van der Waals surface area contributed by atoms with Crippen LogP contribution in [0.2, 0.25) is 5.02 Å². The van der Waals surface area contributed by atoms with Crippen LogP contribution in [0.5, 0.6) is 11.5 Å². The summed E-state index contributed by atoms with van der Waals surface area (Å²) in [5.74, 6) is 2.04. The number of benzene rings is 1. The predicted octanol–water partition coefficient (Wildman–Crippen LogP) is 3.39. The summed E-state index contributed by atoms with van der Waals surface area (Å²) in [5.41, 5.74) is 2.26.